The molecule has 0 aliphatic carbocycles. The molecule has 0 bridgehead atoms. The lowest BCUT2D eigenvalue weighted by Crippen LogP contribution is -1.93. The Hall–Kier alpha value is -2.49. The first-order valence-corrected chi connectivity index (χ1v) is 5.65. The van der Waals surface area contributed by atoms with E-state index in [1.54, 1.807) is 13.4 Å². The van der Waals surface area contributed by atoms with Crippen molar-refractivity contribution in [3.63, 3.8) is 0 Å². The number of hydrogen-bond donors (Lipinski definition) is 1. The lowest BCUT2D eigenvalue weighted by Gasteiger charge is -2.06. The van der Waals surface area contributed by atoms with Crippen LogP contribution in [0.15, 0.2) is 48.8 Å². The SMILES string of the molecule is COc1cccc(-n2cnc3cc(N)ccc32)c1. The summed E-state index contributed by atoms with van der Waals surface area (Å²) in [5.74, 6) is 0.824. The topological polar surface area (TPSA) is 53.1 Å². The van der Waals surface area contributed by atoms with E-state index >= 15 is 0 Å². The van der Waals surface area contributed by atoms with Gasteiger partial charge < -0.3 is 10.5 Å². The summed E-state index contributed by atoms with van der Waals surface area (Å²) in [6.07, 6.45) is 1.79. The quantitative estimate of drug-likeness (QED) is 0.699. The predicted octanol–water partition coefficient (Wildman–Crippen LogP) is 2.62. The third-order valence-electron chi connectivity index (χ3n) is 2.90. The molecule has 0 atom stereocenters. The standard InChI is InChI=1S/C14H13N3O/c1-18-12-4-2-3-11(8-12)17-9-16-13-7-10(15)5-6-14(13)17/h2-9H,15H2,1H3. The zero-order chi connectivity index (χ0) is 12.5. The molecule has 0 unspecified atom stereocenters. The summed E-state index contributed by atoms with van der Waals surface area (Å²) >= 11 is 0. The highest BCUT2D eigenvalue weighted by Gasteiger charge is 2.05. The van der Waals surface area contributed by atoms with Gasteiger partial charge in [-0.1, -0.05) is 6.07 Å². The number of rotatable bonds is 2. The van der Waals surface area contributed by atoms with Gasteiger partial charge in [0.1, 0.15) is 12.1 Å². The Morgan fingerprint density at radius 1 is 1.17 bits per heavy atom. The molecule has 3 aromatic rings. The average Bonchev–Trinajstić information content (AvgIpc) is 2.81. The fraction of sp³-hybridized carbons (Fsp3) is 0.0714. The predicted molar refractivity (Wildman–Crippen MR) is 72.0 cm³/mol. The highest BCUT2D eigenvalue weighted by atomic mass is 16.5. The molecule has 4 heteroatoms. The lowest BCUT2D eigenvalue weighted by atomic mass is 10.2. The first-order chi connectivity index (χ1) is 8.78. The van der Waals surface area contributed by atoms with Gasteiger partial charge in [0.05, 0.1) is 23.8 Å². The van der Waals surface area contributed by atoms with Crippen molar-refractivity contribution in [1.82, 2.24) is 9.55 Å². The number of imidazole rings is 1. The van der Waals surface area contributed by atoms with Crippen LogP contribution in [-0.4, -0.2) is 16.7 Å². The monoisotopic (exact) mass is 239 g/mol. The van der Waals surface area contributed by atoms with Crippen LogP contribution in [-0.2, 0) is 0 Å². The van der Waals surface area contributed by atoms with E-state index in [9.17, 15) is 0 Å². The molecule has 90 valence electrons. The van der Waals surface area contributed by atoms with E-state index in [4.69, 9.17) is 10.5 Å². The van der Waals surface area contributed by atoms with Crippen molar-refractivity contribution < 1.29 is 4.74 Å². The number of methoxy groups -OCH3 is 1. The van der Waals surface area contributed by atoms with Gasteiger partial charge in [0.15, 0.2) is 0 Å². The third-order valence-corrected chi connectivity index (χ3v) is 2.90. The molecule has 4 nitrogen and oxygen atoms in total. The normalized spacial score (nSPS) is 10.7. The molecule has 18 heavy (non-hydrogen) atoms. The smallest absolute Gasteiger partial charge is 0.120 e. The largest absolute Gasteiger partial charge is 0.497 e. The third kappa shape index (κ3) is 1.68. The van der Waals surface area contributed by atoms with Crippen LogP contribution in [0.4, 0.5) is 5.69 Å². The second-order valence-corrected chi connectivity index (χ2v) is 4.06. The Balaban J connectivity index is 2.19. The second kappa shape index (κ2) is 4.07. The van der Waals surface area contributed by atoms with Gasteiger partial charge in [-0.2, -0.15) is 0 Å². The lowest BCUT2D eigenvalue weighted by molar-refractivity contribution is 0.414. The molecular formula is C14H13N3O. The molecule has 0 aliphatic rings. The Bertz CT molecular complexity index is 703. The molecule has 2 N–H and O–H groups in total. The van der Waals surface area contributed by atoms with Gasteiger partial charge in [-0.3, -0.25) is 4.57 Å². The van der Waals surface area contributed by atoms with Crippen LogP contribution < -0.4 is 10.5 Å². The number of hydrogen-bond acceptors (Lipinski definition) is 3. The summed E-state index contributed by atoms with van der Waals surface area (Å²) in [5, 5.41) is 0. The Morgan fingerprint density at radius 2 is 2.06 bits per heavy atom. The number of benzene rings is 2. The molecule has 0 fully saturated rings. The van der Waals surface area contributed by atoms with Gasteiger partial charge in [0.25, 0.3) is 0 Å². The summed E-state index contributed by atoms with van der Waals surface area (Å²) in [7, 11) is 1.66. The van der Waals surface area contributed by atoms with E-state index in [-0.39, 0.29) is 0 Å². The van der Waals surface area contributed by atoms with Crippen LogP contribution in [0.3, 0.4) is 0 Å². The second-order valence-electron chi connectivity index (χ2n) is 4.06. The fourth-order valence-electron chi connectivity index (χ4n) is 2.00. The first-order valence-electron chi connectivity index (χ1n) is 5.65. The van der Waals surface area contributed by atoms with Crippen molar-refractivity contribution in [2.75, 3.05) is 12.8 Å². The van der Waals surface area contributed by atoms with Crippen molar-refractivity contribution in [3.05, 3.63) is 48.8 Å². The first kappa shape index (κ1) is 10.7. The molecule has 0 aliphatic heterocycles. The summed E-state index contributed by atoms with van der Waals surface area (Å²) < 4.78 is 7.24. The van der Waals surface area contributed by atoms with Crippen LogP contribution in [0.5, 0.6) is 5.75 Å². The number of nitrogens with two attached hydrogens (primary N) is 1. The minimum atomic E-state index is 0.721. The minimum absolute atomic E-state index is 0.721. The molecule has 2 aromatic carbocycles. The van der Waals surface area contributed by atoms with E-state index in [0.29, 0.717) is 0 Å². The van der Waals surface area contributed by atoms with Crippen LogP contribution in [0.2, 0.25) is 0 Å². The number of anilines is 1. The van der Waals surface area contributed by atoms with Gasteiger partial charge >= 0.3 is 0 Å². The van der Waals surface area contributed by atoms with Crippen molar-refractivity contribution >= 4 is 16.7 Å². The number of nitrogens with zero attached hydrogens (tertiary/aromatic N) is 2. The van der Waals surface area contributed by atoms with E-state index < -0.39 is 0 Å². The van der Waals surface area contributed by atoms with E-state index in [2.05, 4.69) is 4.98 Å². The molecule has 1 heterocycles. The highest BCUT2D eigenvalue weighted by Crippen LogP contribution is 2.22. The number of aromatic nitrogens is 2. The Kier molecular flexibility index (Phi) is 2.41. The maximum atomic E-state index is 5.75. The zero-order valence-corrected chi connectivity index (χ0v) is 10.00. The minimum Gasteiger partial charge on any atom is -0.497 e. The van der Waals surface area contributed by atoms with Gasteiger partial charge in [-0.15, -0.1) is 0 Å². The van der Waals surface area contributed by atoms with Crippen molar-refractivity contribution in [2.45, 2.75) is 0 Å². The fourth-order valence-corrected chi connectivity index (χ4v) is 2.00. The van der Waals surface area contributed by atoms with Crippen LogP contribution in [0.1, 0.15) is 0 Å². The molecule has 0 radical (unpaired) electrons. The molecule has 0 spiro atoms. The van der Waals surface area contributed by atoms with Gasteiger partial charge in [-0.05, 0) is 30.3 Å². The molecular weight excluding hydrogens is 226 g/mol. The van der Waals surface area contributed by atoms with Gasteiger partial charge in [-0.25, -0.2) is 4.98 Å². The molecule has 1 aromatic heterocycles. The summed E-state index contributed by atoms with van der Waals surface area (Å²) in [5.41, 5.74) is 9.40. The number of nitrogen functional groups attached to an aromatic ring is 1. The van der Waals surface area contributed by atoms with E-state index in [1.807, 2.05) is 47.0 Å². The highest BCUT2D eigenvalue weighted by molar-refractivity contribution is 5.80. The van der Waals surface area contributed by atoms with Crippen molar-refractivity contribution in [1.29, 1.82) is 0 Å². The molecule has 0 amide bonds. The summed E-state index contributed by atoms with van der Waals surface area (Å²) in [6, 6.07) is 13.6. The van der Waals surface area contributed by atoms with E-state index in [1.165, 1.54) is 0 Å². The number of ether oxygens (including phenoxy) is 1. The summed E-state index contributed by atoms with van der Waals surface area (Å²) in [4.78, 5) is 4.35. The zero-order valence-electron chi connectivity index (χ0n) is 10.00. The maximum Gasteiger partial charge on any atom is 0.120 e. The Labute approximate surface area is 105 Å². The van der Waals surface area contributed by atoms with Crippen LogP contribution in [0, 0.1) is 0 Å². The number of fused-ring (bicyclic) bond motifs is 1. The summed E-state index contributed by atoms with van der Waals surface area (Å²) in [6.45, 7) is 0. The van der Waals surface area contributed by atoms with Crippen LogP contribution >= 0.6 is 0 Å². The van der Waals surface area contributed by atoms with Gasteiger partial charge in [0, 0.05) is 11.8 Å². The van der Waals surface area contributed by atoms with Crippen molar-refractivity contribution in [3.8, 4) is 11.4 Å². The molecule has 0 saturated heterocycles. The molecule has 3 rings (SSSR count). The van der Waals surface area contributed by atoms with Gasteiger partial charge in [0.2, 0.25) is 0 Å². The van der Waals surface area contributed by atoms with E-state index in [0.717, 1.165) is 28.2 Å². The average molecular weight is 239 g/mol. The Morgan fingerprint density at radius 3 is 2.89 bits per heavy atom. The maximum absolute atomic E-state index is 5.75. The van der Waals surface area contributed by atoms with Crippen molar-refractivity contribution in [2.24, 2.45) is 0 Å². The molecule has 0 saturated carbocycles. The van der Waals surface area contributed by atoms with Crippen LogP contribution in [0.25, 0.3) is 16.7 Å².